The number of hydrogen-bond donors (Lipinski definition) is 0. The highest BCUT2D eigenvalue weighted by Gasteiger charge is 2.33. The van der Waals surface area contributed by atoms with Crippen LogP contribution in [0.3, 0.4) is 0 Å². The molecule has 0 saturated heterocycles. The number of imide groups is 1. The number of carbonyl (C=O) groups is 2. The van der Waals surface area contributed by atoms with E-state index in [1.54, 1.807) is 6.92 Å². The topological polar surface area (TPSA) is 37.4 Å². The first-order chi connectivity index (χ1) is 8.32. The molecule has 0 fully saturated rings. The molecule has 0 aromatic heterocycles. The highest BCUT2D eigenvalue weighted by atomic mass is 16.2. The Labute approximate surface area is 107 Å². The normalized spacial score (nSPS) is 16.2. The third-order valence-corrected chi connectivity index (χ3v) is 3.05. The molecule has 1 aliphatic rings. The molecule has 0 atom stereocenters. The number of anilines is 1. The van der Waals surface area contributed by atoms with E-state index in [0.717, 1.165) is 5.56 Å². The fraction of sp³-hybridized carbons (Fsp3) is 0.333. The Hall–Kier alpha value is -1.90. The molecule has 1 aromatic carbocycles. The van der Waals surface area contributed by atoms with Gasteiger partial charge in [-0.1, -0.05) is 39.0 Å². The van der Waals surface area contributed by atoms with Gasteiger partial charge < -0.3 is 0 Å². The summed E-state index contributed by atoms with van der Waals surface area (Å²) in [7, 11) is 0. The van der Waals surface area contributed by atoms with Gasteiger partial charge in [-0.2, -0.15) is 0 Å². The predicted octanol–water partition coefficient (Wildman–Crippen LogP) is 2.80. The molecule has 0 saturated carbocycles. The van der Waals surface area contributed by atoms with Gasteiger partial charge in [0.1, 0.15) is 0 Å². The zero-order valence-electron chi connectivity index (χ0n) is 11.2. The summed E-state index contributed by atoms with van der Waals surface area (Å²) in [5, 5.41) is 0. The number of benzene rings is 1. The van der Waals surface area contributed by atoms with E-state index < -0.39 is 0 Å². The third kappa shape index (κ3) is 1.96. The first-order valence-corrected chi connectivity index (χ1v) is 5.98. The standard InChI is InChI=1S/C15H17NO2/c1-10-9-13(17)16(14(10)18)12-8-6-5-7-11(12)15(2,3)4/h5-9H,1-4H3. The predicted molar refractivity (Wildman–Crippen MR) is 71.4 cm³/mol. The number of nitrogens with zero attached hydrogens (tertiary/aromatic N) is 1. The van der Waals surface area contributed by atoms with Crippen LogP contribution in [0.25, 0.3) is 0 Å². The minimum Gasteiger partial charge on any atom is -0.269 e. The zero-order chi connectivity index (χ0) is 13.5. The molecule has 3 heteroatoms. The van der Waals surface area contributed by atoms with Crippen molar-refractivity contribution >= 4 is 17.5 Å². The van der Waals surface area contributed by atoms with Crippen LogP contribution in [0.4, 0.5) is 5.69 Å². The van der Waals surface area contributed by atoms with Crippen molar-refractivity contribution < 1.29 is 9.59 Å². The number of rotatable bonds is 1. The van der Waals surface area contributed by atoms with E-state index in [4.69, 9.17) is 0 Å². The van der Waals surface area contributed by atoms with Crippen LogP contribution in [0.15, 0.2) is 35.9 Å². The van der Waals surface area contributed by atoms with E-state index in [-0.39, 0.29) is 17.2 Å². The van der Waals surface area contributed by atoms with Gasteiger partial charge in [0, 0.05) is 11.6 Å². The minimum absolute atomic E-state index is 0.117. The number of amides is 2. The molecule has 1 aliphatic heterocycles. The summed E-state index contributed by atoms with van der Waals surface area (Å²) in [6.07, 6.45) is 1.39. The molecular weight excluding hydrogens is 226 g/mol. The van der Waals surface area contributed by atoms with Crippen molar-refractivity contribution in [3.05, 3.63) is 41.5 Å². The first kappa shape index (κ1) is 12.6. The number of para-hydroxylation sites is 1. The van der Waals surface area contributed by atoms with Crippen molar-refractivity contribution in [2.45, 2.75) is 33.1 Å². The van der Waals surface area contributed by atoms with Crippen LogP contribution in [-0.2, 0) is 15.0 Å². The molecule has 0 unspecified atom stereocenters. The van der Waals surface area contributed by atoms with Crippen molar-refractivity contribution in [3.8, 4) is 0 Å². The van der Waals surface area contributed by atoms with Crippen molar-refractivity contribution in [2.24, 2.45) is 0 Å². The van der Waals surface area contributed by atoms with Gasteiger partial charge in [-0.05, 0) is 24.0 Å². The Morgan fingerprint density at radius 3 is 2.17 bits per heavy atom. The van der Waals surface area contributed by atoms with Gasteiger partial charge in [0.2, 0.25) is 0 Å². The quantitative estimate of drug-likeness (QED) is 0.711. The average Bonchev–Trinajstić information content (AvgIpc) is 2.52. The van der Waals surface area contributed by atoms with Gasteiger partial charge in [0.15, 0.2) is 0 Å². The number of hydrogen-bond acceptors (Lipinski definition) is 2. The molecule has 1 aromatic rings. The first-order valence-electron chi connectivity index (χ1n) is 5.98. The Kier molecular flexibility index (Phi) is 2.85. The second kappa shape index (κ2) is 4.09. The number of carbonyl (C=O) groups excluding carboxylic acids is 2. The van der Waals surface area contributed by atoms with E-state index in [2.05, 4.69) is 20.8 Å². The Morgan fingerprint density at radius 2 is 1.67 bits per heavy atom. The van der Waals surface area contributed by atoms with Gasteiger partial charge in [0.05, 0.1) is 5.69 Å². The van der Waals surface area contributed by atoms with E-state index in [9.17, 15) is 9.59 Å². The molecule has 18 heavy (non-hydrogen) atoms. The molecule has 94 valence electrons. The van der Waals surface area contributed by atoms with Gasteiger partial charge in [-0.25, -0.2) is 4.90 Å². The maximum atomic E-state index is 12.0. The molecule has 0 N–H and O–H groups in total. The zero-order valence-corrected chi connectivity index (χ0v) is 11.2. The Balaban J connectivity index is 2.54. The van der Waals surface area contributed by atoms with Crippen molar-refractivity contribution in [3.63, 3.8) is 0 Å². The van der Waals surface area contributed by atoms with Crippen LogP contribution in [0.5, 0.6) is 0 Å². The fourth-order valence-corrected chi connectivity index (χ4v) is 2.12. The molecule has 0 bridgehead atoms. The van der Waals surface area contributed by atoms with Crippen LogP contribution in [0.2, 0.25) is 0 Å². The molecule has 3 nitrogen and oxygen atoms in total. The van der Waals surface area contributed by atoms with Gasteiger partial charge in [-0.3, -0.25) is 9.59 Å². The molecule has 2 rings (SSSR count). The third-order valence-electron chi connectivity index (χ3n) is 3.05. The Morgan fingerprint density at radius 1 is 1.06 bits per heavy atom. The fourth-order valence-electron chi connectivity index (χ4n) is 2.12. The lowest BCUT2D eigenvalue weighted by atomic mass is 9.85. The van der Waals surface area contributed by atoms with Crippen LogP contribution >= 0.6 is 0 Å². The molecule has 0 radical (unpaired) electrons. The summed E-state index contributed by atoms with van der Waals surface area (Å²) in [4.78, 5) is 25.2. The Bertz CT molecular complexity index is 550. The second-order valence-electron chi connectivity index (χ2n) is 5.57. The van der Waals surface area contributed by atoms with Gasteiger partial charge >= 0.3 is 0 Å². The summed E-state index contributed by atoms with van der Waals surface area (Å²) in [5.74, 6) is -0.481. The van der Waals surface area contributed by atoms with E-state index in [1.165, 1.54) is 11.0 Å². The van der Waals surface area contributed by atoms with Crippen molar-refractivity contribution in [2.75, 3.05) is 4.90 Å². The van der Waals surface area contributed by atoms with E-state index >= 15 is 0 Å². The molecule has 0 aliphatic carbocycles. The summed E-state index contributed by atoms with van der Waals surface area (Å²) in [6.45, 7) is 7.87. The van der Waals surface area contributed by atoms with Gasteiger partial charge in [0.25, 0.3) is 11.8 Å². The van der Waals surface area contributed by atoms with E-state index in [0.29, 0.717) is 11.3 Å². The van der Waals surface area contributed by atoms with Crippen LogP contribution in [0.1, 0.15) is 33.3 Å². The molecule has 1 heterocycles. The highest BCUT2D eigenvalue weighted by Crippen LogP contribution is 2.34. The van der Waals surface area contributed by atoms with Crippen molar-refractivity contribution in [1.29, 1.82) is 0 Å². The van der Waals surface area contributed by atoms with Crippen LogP contribution in [0, 0.1) is 0 Å². The van der Waals surface area contributed by atoms with Crippen LogP contribution < -0.4 is 4.90 Å². The maximum absolute atomic E-state index is 12.0. The van der Waals surface area contributed by atoms with Gasteiger partial charge in [-0.15, -0.1) is 0 Å². The molecule has 2 amide bonds. The smallest absolute Gasteiger partial charge is 0.261 e. The summed E-state index contributed by atoms with van der Waals surface area (Å²) < 4.78 is 0. The molecular formula is C15H17NO2. The molecule has 0 spiro atoms. The lowest BCUT2D eigenvalue weighted by Gasteiger charge is -2.26. The largest absolute Gasteiger partial charge is 0.269 e. The summed E-state index contributed by atoms with van der Waals surface area (Å²) >= 11 is 0. The maximum Gasteiger partial charge on any atom is 0.261 e. The highest BCUT2D eigenvalue weighted by molar-refractivity contribution is 6.30. The summed E-state index contributed by atoms with van der Waals surface area (Å²) in [6, 6.07) is 7.56. The lowest BCUT2D eigenvalue weighted by molar-refractivity contribution is -0.120. The SMILES string of the molecule is CC1=CC(=O)N(c2ccccc2C(C)(C)C)C1=O. The minimum atomic E-state index is -0.255. The monoisotopic (exact) mass is 243 g/mol. The summed E-state index contributed by atoms with van der Waals surface area (Å²) in [5.41, 5.74) is 2.06. The van der Waals surface area contributed by atoms with E-state index in [1.807, 2.05) is 24.3 Å². The lowest BCUT2D eigenvalue weighted by Crippen LogP contribution is -2.33. The van der Waals surface area contributed by atoms with Crippen molar-refractivity contribution in [1.82, 2.24) is 0 Å². The second-order valence-corrected chi connectivity index (χ2v) is 5.57. The van der Waals surface area contributed by atoms with Crippen LogP contribution in [-0.4, -0.2) is 11.8 Å². The average molecular weight is 243 g/mol.